The molecule has 0 aliphatic heterocycles. The van der Waals surface area contributed by atoms with Crippen LogP contribution in [0.25, 0.3) is 10.8 Å². The molecule has 19 heavy (non-hydrogen) atoms. The largest absolute Gasteiger partial charge is 0.0884 e. The fourth-order valence-corrected chi connectivity index (χ4v) is 4.61. The molecule has 1 saturated carbocycles. The van der Waals surface area contributed by atoms with E-state index in [1.807, 2.05) is 0 Å². The van der Waals surface area contributed by atoms with Crippen molar-refractivity contribution >= 4 is 26.7 Å². The zero-order valence-electron chi connectivity index (χ0n) is 11.5. The minimum Gasteiger partial charge on any atom is -0.0884 e. The Bertz CT molecular complexity index is 560. The Balaban J connectivity index is 1.77. The standard InChI is InChI=1S/C18H21Br/c1-13-5-4-8-17(13)18(19)12-14-9-10-15-6-2-3-7-16(15)11-14/h2-3,6-7,9-11,13,17-18H,4-5,8,12H2,1H3. The molecule has 0 amide bonds. The molecule has 0 spiro atoms. The van der Waals surface area contributed by atoms with Crippen molar-refractivity contribution in [2.75, 3.05) is 0 Å². The maximum atomic E-state index is 3.95. The van der Waals surface area contributed by atoms with E-state index in [-0.39, 0.29) is 0 Å². The van der Waals surface area contributed by atoms with E-state index in [9.17, 15) is 0 Å². The van der Waals surface area contributed by atoms with Gasteiger partial charge in [0, 0.05) is 4.83 Å². The molecule has 0 heterocycles. The van der Waals surface area contributed by atoms with E-state index < -0.39 is 0 Å². The summed E-state index contributed by atoms with van der Waals surface area (Å²) >= 11 is 3.95. The number of halogens is 1. The number of hydrogen-bond donors (Lipinski definition) is 0. The van der Waals surface area contributed by atoms with E-state index in [4.69, 9.17) is 0 Å². The van der Waals surface area contributed by atoms with Gasteiger partial charge in [-0.25, -0.2) is 0 Å². The van der Waals surface area contributed by atoms with E-state index >= 15 is 0 Å². The van der Waals surface area contributed by atoms with Crippen LogP contribution in [0.5, 0.6) is 0 Å². The van der Waals surface area contributed by atoms with Crippen molar-refractivity contribution in [3.63, 3.8) is 0 Å². The Hall–Kier alpha value is -0.820. The van der Waals surface area contributed by atoms with Gasteiger partial charge in [-0.1, -0.05) is 78.2 Å². The Morgan fingerprint density at radius 2 is 1.89 bits per heavy atom. The lowest BCUT2D eigenvalue weighted by atomic mass is 9.91. The molecule has 0 saturated heterocycles. The van der Waals surface area contributed by atoms with Gasteiger partial charge in [0.25, 0.3) is 0 Å². The topological polar surface area (TPSA) is 0 Å². The van der Waals surface area contributed by atoms with Crippen LogP contribution in [-0.4, -0.2) is 4.83 Å². The van der Waals surface area contributed by atoms with E-state index in [1.54, 1.807) is 0 Å². The fraction of sp³-hybridized carbons (Fsp3) is 0.444. The summed E-state index contributed by atoms with van der Waals surface area (Å²) in [6, 6.07) is 15.5. The summed E-state index contributed by atoms with van der Waals surface area (Å²) < 4.78 is 0. The van der Waals surface area contributed by atoms with Crippen molar-refractivity contribution in [3.8, 4) is 0 Å². The van der Waals surface area contributed by atoms with Crippen LogP contribution in [0.4, 0.5) is 0 Å². The van der Waals surface area contributed by atoms with E-state index in [1.165, 1.54) is 35.6 Å². The first-order chi connectivity index (χ1) is 9.24. The second-order valence-corrected chi connectivity index (χ2v) is 7.15. The molecular weight excluding hydrogens is 296 g/mol. The van der Waals surface area contributed by atoms with Crippen molar-refractivity contribution in [2.24, 2.45) is 11.8 Å². The highest BCUT2D eigenvalue weighted by atomic mass is 79.9. The predicted molar refractivity (Wildman–Crippen MR) is 86.9 cm³/mol. The highest BCUT2D eigenvalue weighted by Crippen LogP contribution is 2.38. The van der Waals surface area contributed by atoms with E-state index in [2.05, 4.69) is 65.3 Å². The summed E-state index contributed by atoms with van der Waals surface area (Å²) in [6.45, 7) is 2.41. The van der Waals surface area contributed by atoms with Crippen molar-refractivity contribution in [1.29, 1.82) is 0 Å². The monoisotopic (exact) mass is 316 g/mol. The molecule has 100 valence electrons. The summed E-state index contributed by atoms with van der Waals surface area (Å²) in [5.74, 6) is 1.73. The van der Waals surface area contributed by atoms with Gasteiger partial charge < -0.3 is 0 Å². The Morgan fingerprint density at radius 1 is 1.11 bits per heavy atom. The van der Waals surface area contributed by atoms with Crippen LogP contribution in [0.1, 0.15) is 31.7 Å². The van der Waals surface area contributed by atoms with Crippen LogP contribution >= 0.6 is 15.9 Å². The summed E-state index contributed by atoms with van der Waals surface area (Å²) in [5, 5.41) is 2.70. The number of alkyl halides is 1. The lowest BCUT2D eigenvalue weighted by Crippen LogP contribution is -2.19. The molecule has 0 radical (unpaired) electrons. The van der Waals surface area contributed by atoms with Gasteiger partial charge in [-0.15, -0.1) is 0 Å². The first kappa shape index (κ1) is 13.2. The van der Waals surface area contributed by atoms with E-state index in [0.717, 1.165) is 18.3 Å². The average molecular weight is 317 g/mol. The van der Waals surface area contributed by atoms with Crippen LogP contribution in [0.2, 0.25) is 0 Å². The minimum absolute atomic E-state index is 0.631. The van der Waals surface area contributed by atoms with Gasteiger partial charge in [0.1, 0.15) is 0 Å². The second kappa shape index (κ2) is 5.66. The molecule has 1 aliphatic carbocycles. The zero-order valence-corrected chi connectivity index (χ0v) is 13.1. The molecule has 3 unspecified atom stereocenters. The molecule has 0 nitrogen and oxygen atoms in total. The summed E-state index contributed by atoms with van der Waals surface area (Å²) in [4.78, 5) is 0.631. The first-order valence-corrected chi connectivity index (χ1v) is 8.27. The van der Waals surface area contributed by atoms with Gasteiger partial charge in [0.05, 0.1) is 0 Å². The van der Waals surface area contributed by atoms with Crippen LogP contribution in [0.15, 0.2) is 42.5 Å². The molecule has 3 atom stereocenters. The molecule has 0 bridgehead atoms. The fourth-order valence-electron chi connectivity index (χ4n) is 3.45. The molecule has 2 aromatic rings. The van der Waals surface area contributed by atoms with Crippen LogP contribution in [0, 0.1) is 11.8 Å². The quantitative estimate of drug-likeness (QED) is 0.648. The minimum atomic E-state index is 0.631. The maximum absolute atomic E-state index is 3.95. The van der Waals surface area contributed by atoms with Crippen molar-refractivity contribution in [2.45, 2.75) is 37.4 Å². The van der Waals surface area contributed by atoms with Gasteiger partial charge in [0.2, 0.25) is 0 Å². The lowest BCUT2D eigenvalue weighted by Gasteiger charge is -2.22. The third-order valence-corrected chi connectivity index (χ3v) is 5.64. The number of fused-ring (bicyclic) bond motifs is 1. The number of hydrogen-bond acceptors (Lipinski definition) is 0. The number of benzene rings is 2. The molecule has 1 aliphatic rings. The second-order valence-electron chi connectivity index (χ2n) is 5.97. The highest BCUT2D eigenvalue weighted by Gasteiger charge is 2.29. The molecule has 0 aromatic heterocycles. The first-order valence-electron chi connectivity index (χ1n) is 7.36. The Labute approximate surface area is 124 Å². The van der Waals surface area contributed by atoms with Gasteiger partial charge in [-0.2, -0.15) is 0 Å². The van der Waals surface area contributed by atoms with Crippen molar-refractivity contribution < 1.29 is 0 Å². The highest BCUT2D eigenvalue weighted by molar-refractivity contribution is 9.09. The molecule has 0 N–H and O–H groups in total. The predicted octanol–water partition coefficient (Wildman–Crippen LogP) is 5.58. The lowest BCUT2D eigenvalue weighted by molar-refractivity contribution is 0.407. The van der Waals surface area contributed by atoms with Crippen LogP contribution in [-0.2, 0) is 6.42 Å². The Kier molecular flexibility index (Phi) is 3.93. The molecule has 1 heteroatoms. The summed E-state index contributed by atoms with van der Waals surface area (Å²) in [7, 11) is 0. The molecule has 1 fully saturated rings. The summed E-state index contributed by atoms with van der Waals surface area (Å²) in [5.41, 5.74) is 1.46. The summed E-state index contributed by atoms with van der Waals surface area (Å²) in [6.07, 6.45) is 5.36. The normalized spacial score (nSPS) is 24.7. The van der Waals surface area contributed by atoms with E-state index in [0.29, 0.717) is 4.83 Å². The zero-order chi connectivity index (χ0) is 13.2. The maximum Gasteiger partial charge on any atom is 0.0216 e. The van der Waals surface area contributed by atoms with Crippen LogP contribution in [0.3, 0.4) is 0 Å². The molecular formula is C18H21Br. The third kappa shape index (κ3) is 2.86. The third-order valence-electron chi connectivity index (χ3n) is 4.64. The van der Waals surface area contributed by atoms with Gasteiger partial charge >= 0.3 is 0 Å². The van der Waals surface area contributed by atoms with Gasteiger partial charge in [-0.3, -0.25) is 0 Å². The van der Waals surface area contributed by atoms with Gasteiger partial charge in [-0.05, 0) is 41.0 Å². The molecule has 3 rings (SSSR count). The van der Waals surface area contributed by atoms with Crippen molar-refractivity contribution in [3.05, 3.63) is 48.0 Å². The average Bonchev–Trinajstić information content (AvgIpc) is 2.85. The Morgan fingerprint density at radius 3 is 2.63 bits per heavy atom. The number of rotatable bonds is 3. The molecule has 2 aromatic carbocycles. The SMILES string of the molecule is CC1CCCC1C(Br)Cc1ccc2ccccc2c1. The smallest absolute Gasteiger partial charge is 0.0216 e. The van der Waals surface area contributed by atoms with Crippen molar-refractivity contribution in [1.82, 2.24) is 0 Å². The van der Waals surface area contributed by atoms with Crippen LogP contribution < -0.4 is 0 Å². The van der Waals surface area contributed by atoms with Gasteiger partial charge in [0.15, 0.2) is 0 Å².